The Hall–Kier alpha value is -1.02. The fourth-order valence-electron chi connectivity index (χ4n) is 2.25. The minimum absolute atomic E-state index is 0.197. The summed E-state index contributed by atoms with van der Waals surface area (Å²) in [5.41, 5.74) is 7.09. The molecule has 0 aliphatic rings. The molecule has 2 atom stereocenters. The first kappa shape index (κ1) is 16.0. The lowest BCUT2D eigenvalue weighted by molar-refractivity contribution is 0.233. The van der Waals surface area contributed by atoms with Gasteiger partial charge in [-0.05, 0) is 43.4 Å². The maximum Gasteiger partial charge on any atom is 0.119 e. The van der Waals surface area contributed by atoms with E-state index in [1.54, 1.807) is 0 Å². The summed E-state index contributed by atoms with van der Waals surface area (Å²) in [7, 11) is 0. The summed E-state index contributed by atoms with van der Waals surface area (Å²) in [6.07, 6.45) is 5.93. The van der Waals surface area contributed by atoms with Crippen molar-refractivity contribution in [1.82, 2.24) is 0 Å². The highest BCUT2D eigenvalue weighted by Gasteiger charge is 2.07. The van der Waals surface area contributed by atoms with Gasteiger partial charge in [-0.2, -0.15) is 0 Å². The summed E-state index contributed by atoms with van der Waals surface area (Å²) >= 11 is 0. The number of ether oxygens (including phenoxy) is 1. The first-order valence-corrected chi connectivity index (χ1v) is 7.63. The Morgan fingerprint density at radius 2 is 2.05 bits per heavy atom. The lowest BCUT2D eigenvalue weighted by Gasteiger charge is -2.16. The van der Waals surface area contributed by atoms with Crippen LogP contribution in [0, 0.1) is 5.92 Å². The molecule has 2 nitrogen and oxygen atoms in total. The standard InChI is InChI=1S/C17H29NO/c1-4-6-8-15(5-2)13-19-17-10-7-9-16(12-17)11-14(3)18/h7,9-10,12,14-15H,4-6,8,11,13,18H2,1-3H3. The molecule has 0 saturated carbocycles. The summed E-state index contributed by atoms with van der Waals surface area (Å²) in [4.78, 5) is 0. The molecule has 0 aromatic heterocycles. The van der Waals surface area contributed by atoms with Gasteiger partial charge in [0.05, 0.1) is 6.61 Å². The SMILES string of the molecule is CCCCC(CC)COc1cccc(CC(C)N)c1. The third-order valence-corrected chi connectivity index (χ3v) is 3.49. The van der Waals surface area contributed by atoms with Crippen LogP contribution >= 0.6 is 0 Å². The van der Waals surface area contributed by atoms with Crippen LogP contribution in [-0.2, 0) is 6.42 Å². The molecular weight excluding hydrogens is 234 g/mol. The molecule has 0 amide bonds. The zero-order valence-corrected chi connectivity index (χ0v) is 12.7. The van der Waals surface area contributed by atoms with E-state index in [1.807, 2.05) is 13.0 Å². The van der Waals surface area contributed by atoms with Gasteiger partial charge in [-0.25, -0.2) is 0 Å². The third-order valence-electron chi connectivity index (χ3n) is 3.49. The van der Waals surface area contributed by atoms with E-state index in [2.05, 4.69) is 32.0 Å². The van der Waals surface area contributed by atoms with Crippen molar-refractivity contribution in [2.75, 3.05) is 6.61 Å². The first-order chi connectivity index (χ1) is 9.15. The molecule has 0 spiro atoms. The lowest BCUT2D eigenvalue weighted by atomic mass is 10.0. The van der Waals surface area contributed by atoms with E-state index in [9.17, 15) is 0 Å². The third kappa shape index (κ3) is 6.63. The molecule has 1 rings (SSSR count). The van der Waals surface area contributed by atoms with Crippen molar-refractivity contribution in [3.05, 3.63) is 29.8 Å². The molecule has 0 radical (unpaired) electrons. The second-order valence-electron chi connectivity index (χ2n) is 5.56. The monoisotopic (exact) mass is 263 g/mol. The predicted molar refractivity (Wildman–Crippen MR) is 82.6 cm³/mol. The van der Waals surface area contributed by atoms with E-state index in [0.717, 1.165) is 18.8 Å². The lowest BCUT2D eigenvalue weighted by Crippen LogP contribution is -2.17. The molecule has 0 heterocycles. The molecule has 1 aromatic carbocycles. The highest BCUT2D eigenvalue weighted by atomic mass is 16.5. The second-order valence-corrected chi connectivity index (χ2v) is 5.56. The highest BCUT2D eigenvalue weighted by Crippen LogP contribution is 2.18. The molecule has 2 N–H and O–H groups in total. The molecule has 0 bridgehead atoms. The molecule has 1 aromatic rings. The van der Waals surface area contributed by atoms with Crippen molar-refractivity contribution in [2.45, 2.75) is 58.9 Å². The van der Waals surface area contributed by atoms with Crippen LogP contribution in [0.2, 0.25) is 0 Å². The van der Waals surface area contributed by atoms with Gasteiger partial charge in [0.1, 0.15) is 5.75 Å². The quantitative estimate of drug-likeness (QED) is 0.725. The molecule has 0 aliphatic carbocycles. The van der Waals surface area contributed by atoms with Crippen molar-refractivity contribution < 1.29 is 4.74 Å². The van der Waals surface area contributed by atoms with E-state index < -0.39 is 0 Å². The van der Waals surface area contributed by atoms with Crippen LogP contribution < -0.4 is 10.5 Å². The topological polar surface area (TPSA) is 35.2 Å². The van der Waals surface area contributed by atoms with Crippen LogP contribution in [0.25, 0.3) is 0 Å². The van der Waals surface area contributed by atoms with Gasteiger partial charge in [0.2, 0.25) is 0 Å². The number of rotatable bonds is 9. The van der Waals surface area contributed by atoms with Gasteiger partial charge in [-0.15, -0.1) is 0 Å². The van der Waals surface area contributed by atoms with Crippen molar-refractivity contribution in [2.24, 2.45) is 11.7 Å². The zero-order valence-electron chi connectivity index (χ0n) is 12.7. The van der Waals surface area contributed by atoms with Crippen molar-refractivity contribution >= 4 is 0 Å². The molecule has 19 heavy (non-hydrogen) atoms. The van der Waals surface area contributed by atoms with Gasteiger partial charge >= 0.3 is 0 Å². The molecule has 2 unspecified atom stereocenters. The average Bonchev–Trinajstić information content (AvgIpc) is 2.38. The number of hydrogen-bond acceptors (Lipinski definition) is 2. The number of unbranched alkanes of at least 4 members (excludes halogenated alkanes) is 1. The Bertz CT molecular complexity index is 349. The fraction of sp³-hybridized carbons (Fsp3) is 0.647. The van der Waals surface area contributed by atoms with E-state index in [0.29, 0.717) is 5.92 Å². The van der Waals surface area contributed by atoms with Crippen LogP contribution in [0.4, 0.5) is 0 Å². The Morgan fingerprint density at radius 3 is 2.68 bits per heavy atom. The van der Waals surface area contributed by atoms with Crippen molar-refractivity contribution in [3.8, 4) is 5.75 Å². The van der Waals surface area contributed by atoms with Gasteiger partial charge in [-0.1, -0.05) is 45.2 Å². The number of hydrogen-bond donors (Lipinski definition) is 1. The molecule has 0 saturated heterocycles. The smallest absolute Gasteiger partial charge is 0.119 e. The molecule has 2 heteroatoms. The Labute approximate surface area is 118 Å². The summed E-state index contributed by atoms with van der Waals surface area (Å²) in [6, 6.07) is 8.53. The van der Waals surface area contributed by atoms with E-state index in [4.69, 9.17) is 10.5 Å². The summed E-state index contributed by atoms with van der Waals surface area (Å²) in [5, 5.41) is 0. The summed E-state index contributed by atoms with van der Waals surface area (Å²) in [6.45, 7) is 7.35. The fourth-order valence-corrected chi connectivity index (χ4v) is 2.25. The molecule has 0 aliphatic heterocycles. The summed E-state index contributed by atoms with van der Waals surface area (Å²) in [5.74, 6) is 1.66. The minimum atomic E-state index is 0.197. The number of benzene rings is 1. The largest absolute Gasteiger partial charge is 0.493 e. The van der Waals surface area contributed by atoms with Gasteiger partial charge < -0.3 is 10.5 Å². The minimum Gasteiger partial charge on any atom is -0.493 e. The number of nitrogens with two attached hydrogens (primary N) is 1. The first-order valence-electron chi connectivity index (χ1n) is 7.63. The molecule has 0 fully saturated rings. The maximum atomic E-state index is 5.94. The van der Waals surface area contributed by atoms with E-state index in [1.165, 1.54) is 31.2 Å². The normalized spacial score (nSPS) is 14.1. The molecule has 108 valence electrons. The maximum absolute atomic E-state index is 5.94. The van der Waals surface area contributed by atoms with Crippen LogP contribution in [0.5, 0.6) is 5.75 Å². The van der Waals surface area contributed by atoms with E-state index >= 15 is 0 Å². The Balaban J connectivity index is 2.47. The highest BCUT2D eigenvalue weighted by molar-refractivity contribution is 5.29. The summed E-state index contributed by atoms with van der Waals surface area (Å²) < 4.78 is 5.94. The predicted octanol–water partition coefficient (Wildman–Crippen LogP) is 4.17. The van der Waals surface area contributed by atoms with Crippen molar-refractivity contribution in [3.63, 3.8) is 0 Å². The van der Waals surface area contributed by atoms with Crippen LogP contribution in [0.1, 0.15) is 52.0 Å². The van der Waals surface area contributed by atoms with Crippen LogP contribution in [-0.4, -0.2) is 12.6 Å². The Kier molecular flexibility index (Phi) is 7.57. The molecular formula is C17H29NO. The van der Waals surface area contributed by atoms with Crippen molar-refractivity contribution in [1.29, 1.82) is 0 Å². The van der Waals surface area contributed by atoms with Crippen LogP contribution in [0.15, 0.2) is 24.3 Å². The van der Waals surface area contributed by atoms with Crippen LogP contribution in [0.3, 0.4) is 0 Å². The van der Waals surface area contributed by atoms with Gasteiger partial charge in [-0.3, -0.25) is 0 Å². The van der Waals surface area contributed by atoms with Gasteiger partial charge in [0.15, 0.2) is 0 Å². The second kappa shape index (κ2) is 8.98. The van der Waals surface area contributed by atoms with Gasteiger partial charge in [0, 0.05) is 6.04 Å². The van der Waals surface area contributed by atoms with Gasteiger partial charge in [0.25, 0.3) is 0 Å². The average molecular weight is 263 g/mol. The van der Waals surface area contributed by atoms with E-state index in [-0.39, 0.29) is 6.04 Å². The Morgan fingerprint density at radius 1 is 1.26 bits per heavy atom. The zero-order chi connectivity index (χ0) is 14.1.